The fraction of sp³-hybridized carbons (Fsp3) is 0.900. The van der Waals surface area contributed by atoms with Crippen molar-refractivity contribution in [2.24, 2.45) is 23.7 Å². The third kappa shape index (κ3) is 56.4. The molecule has 4 atom stereocenters. The van der Waals surface area contributed by atoms with Gasteiger partial charge >= 0.3 is 21.7 Å². The Bertz CT molecular complexity index is 727. The van der Waals surface area contributed by atoms with E-state index >= 15 is 0 Å². The standard InChI is InChI=1S/4C10H20O2S.Ti/c4*1-8(2)6-4-3-5-7-9(13)10(11)12;/h4*8-9,13H,3-7H2,1-2H3,(H,11,12);/q;;;;+4/p-4. The van der Waals surface area contributed by atoms with Crippen LogP contribution < -0.4 is 20.4 Å². The molecule has 0 radical (unpaired) electrons. The van der Waals surface area contributed by atoms with E-state index in [0.29, 0.717) is 25.7 Å². The minimum Gasteiger partial charge on any atom is -0.549 e. The van der Waals surface area contributed by atoms with Gasteiger partial charge in [-0.15, -0.1) is 0 Å². The fourth-order valence-corrected chi connectivity index (χ4v) is 5.47. The molecule has 0 fully saturated rings. The van der Waals surface area contributed by atoms with Gasteiger partial charge in [0.05, 0.1) is 23.9 Å². The molecule has 0 aliphatic carbocycles. The Labute approximate surface area is 361 Å². The molecule has 0 bridgehead atoms. The van der Waals surface area contributed by atoms with Gasteiger partial charge in [0, 0.05) is 21.0 Å². The molecule has 0 aliphatic rings. The quantitative estimate of drug-likeness (QED) is 0.0391. The number of carbonyl (C=O) groups excluding carboxylic acids is 4. The Hall–Kier alpha value is -0.00571. The Kier molecular flexibility index (Phi) is 50.6. The molecule has 0 heterocycles. The summed E-state index contributed by atoms with van der Waals surface area (Å²) in [7, 11) is 0. The molecule has 0 aliphatic heterocycles. The molecule has 0 spiro atoms. The molecule has 0 saturated carbocycles. The van der Waals surface area contributed by atoms with E-state index < -0.39 is 44.9 Å². The normalized spacial score (nSPS) is 13.0. The van der Waals surface area contributed by atoms with E-state index in [1.807, 2.05) is 0 Å². The molecule has 13 heteroatoms. The van der Waals surface area contributed by atoms with Gasteiger partial charge in [-0.25, -0.2) is 0 Å². The summed E-state index contributed by atoms with van der Waals surface area (Å²) in [6.45, 7) is 17.6. The average molecular weight is 861 g/mol. The molecule has 0 aromatic carbocycles. The van der Waals surface area contributed by atoms with E-state index in [1.54, 1.807) is 0 Å². The van der Waals surface area contributed by atoms with E-state index in [1.165, 1.54) is 51.4 Å². The van der Waals surface area contributed by atoms with Crippen LogP contribution in [-0.2, 0) is 40.9 Å². The van der Waals surface area contributed by atoms with Crippen molar-refractivity contribution < 1.29 is 61.3 Å². The van der Waals surface area contributed by atoms with Crippen LogP contribution in [0.2, 0.25) is 0 Å². The van der Waals surface area contributed by atoms with Crippen molar-refractivity contribution in [2.45, 2.75) is 205 Å². The van der Waals surface area contributed by atoms with E-state index in [0.717, 1.165) is 75.0 Å². The van der Waals surface area contributed by atoms with Gasteiger partial charge in [-0.1, -0.05) is 158 Å². The number of carboxylic acids is 4. The van der Waals surface area contributed by atoms with Crippen molar-refractivity contribution in [3.05, 3.63) is 0 Å². The van der Waals surface area contributed by atoms with Gasteiger partial charge in [0.25, 0.3) is 0 Å². The molecule has 0 aromatic rings. The summed E-state index contributed by atoms with van der Waals surface area (Å²) in [5.41, 5.74) is 0. The molecule has 0 amide bonds. The van der Waals surface area contributed by atoms with Gasteiger partial charge in [-0.05, 0) is 49.4 Å². The molecule has 4 unspecified atom stereocenters. The van der Waals surface area contributed by atoms with Crippen LogP contribution in [0.15, 0.2) is 0 Å². The van der Waals surface area contributed by atoms with E-state index in [2.05, 4.69) is 106 Å². The van der Waals surface area contributed by atoms with Crippen LogP contribution in [-0.4, -0.2) is 44.9 Å². The largest absolute Gasteiger partial charge is 4.00 e. The molecule has 8 nitrogen and oxygen atoms in total. The molecule has 0 saturated heterocycles. The van der Waals surface area contributed by atoms with Crippen LogP contribution in [0, 0.1) is 23.7 Å². The maximum Gasteiger partial charge on any atom is 4.00 e. The second kappa shape index (κ2) is 43.1. The van der Waals surface area contributed by atoms with Gasteiger partial charge in [-0.2, -0.15) is 50.5 Å². The average Bonchev–Trinajstić information content (AvgIpc) is 3.03. The summed E-state index contributed by atoms with van der Waals surface area (Å²) in [6, 6.07) is 0. The van der Waals surface area contributed by atoms with Crippen molar-refractivity contribution in [3.63, 3.8) is 0 Å². The van der Waals surface area contributed by atoms with Crippen molar-refractivity contribution in [1.29, 1.82) is 0 Å². The third-order valence-corrected chi connectivity index (χ3v) is 10.0. The van der Waals surface area contributed by atoms with Crippen LogP contribution in [0.3, 0.4) is 0 Å². The first-order chi connectivity index (χ1) is 24.1. The minimum atomic E-state index is -1.05. The zero-order chi connectivity index (χ0) is 41.1. The monoisotopic (exact) mass is 860 g/mol. The van der Waals surface area contributed by atoms with E-state index in [9.17, 15) is 39.6 Å². The number of carboxylic acid groups (broad SMARTS) is 4. The molecule has 312 valence electrons. The predicted octanol–water partition coefficient (Wildman–Crippen LogP) is 6.56. The number of thiol groups is 4. The summed E-state index contributed by atoms with van der Waals surface area (Å²) in [5.74, 6) is -1.22. The minimum absolute atomic E-state index is 0. The maximum atomic E-state index is 10.3. The van der Waals surface area contributed by atoms with Gasteiger partial charge in [0.1, 0.15) is 0 Å². The summed E-state index contributed by atoms with van der Waals surface area (Å²) in [6.07, 6.45) is 20.3. The number of hydrogen-bond donors (Lipinski definition) is 4. The van der Waals surface area contributed by atoms with Crippen LogP contribution in [0.4, 0.5) is 0 Å². The third-order valence-electron chi connectivity index (χ3n) is 8.12. The Morgan fingerprint density at radius 2 is 0.453 bits per heavy atom. The number of unbranched alkanes of at least 4 members (excludes halogenated alkanes) is 8. The molecule has 0 N–H and O–H groups in total. The summed E-state index contributed by atoms with van der Waals surface area (Å²) in [5, 5.41) is 38.8. The van der Waals surface area contributed by atoms with Crippen LogP contribution in [0.25, 0.3) is 0 Å². The first-order valence-corrected chi connectivity index (χ1v) is 21.8. The summed E-state index contributed by atoms with van der Waals surface area (Å²) in [4.78, 5) is 41.1. The maximum absolute atomic E-state index is 10.3. The van der Waals surface area contributed by atoms with Gasteiger partial charge in [-0.3, -0.25) is 0 Å². The second-order valence-electron chi connectivity index (χ2n) is 15.5. The molecule has 0 aromatic heterocycles. The van der Waals surface area contributed by atoms with Crippen LogP contribution in [0.1, 0.15) is 184 Å². The van der Waals surface area contributed by atoms with Gasteiger partial charge in [0.2, 0.25) is 0 Å². The summed E-state index contributed by atoms with van der Waals surface area (Å²) < 4.78 is 0. The Balaban J connectivity index is -0.000000192. The van der Waals surface area contributed by atoms with Crippen molar-refractivity contribution in [3.8, 4) is 0 Å². The number of hydrogen-bond acceptors (Lipinski definition) is 12. The zero-order valence-electron chi connectivity index (χ0n) is 34.3. The molecular weight excluding hydrogens is 785 g/mol. The fourth-order valence-electron chi connectivity index (χ4n) is 4.74. The smallest absolute Gasteiger partial charge is 0.549 e. The predicted molar refractivity (Wildman–Crippen MR) is 223 cm³/mol. The topological polar surface area (TPSA) is 161 Å². The first kappa shape index (κ1) is 62.2. The first-order valence-electron chi connectivity index (χ1n) is 19.7. The second-order valence-corrected chi connectivity index (χ2v) is 18.0. The van der Waals surface area contributed by atoms with Gasteiger partial charge < -0.3 is 39.6 Å². The number of aliphatic carboxylic acids is 4. The van der Waals surface area contributed by atoms with Crippen LogP contribution >= 0.6 is 50.5 Å². The van der Waals surface area contributed by atoms with Crippen molar-refractivity contribution in [1.82, 2.24) is 0 Å². The molecule has 0 rings (SSSR count). The van der Waals surface area contributed by atoms with Crippen LogP contribution in [0.5, 0.6) is 0 Å². The Morgan fingerprint density at radius 3 is 0.566 bits per heavy atom. The summed E-state index contributed by atoms with van der Waals surface area (Å²) >= 11 is 15.6. The Morgan fingerprint density at radius 1 is 0.321 bits per heavy atom. The molecular formula is C40H76O8S4Ti. The number of carbonyl (C=O) groups is 4. The van der Waals surface area contributed by atoms with E-state index in [4.69, 9.17) is 0 Å². The van der Waals surface area contributed by atoms with E-state index in [-0.39, 0.29) is 21.7 Å². The van der Waals surface area contributed by atoms with Crippen molar-refractivity contribution in [2.75, 3.05) is 0 Å². The van der Waals surface area contributed by atoms with Crippen molar-refractivity contribution >= 4 is 74.4 Å². The SMILES string of the molecule is CC(C)CCCCCC(S)C(=O)[O-].CC(C)CCCCCC(S)C(=O)[O-].CC(C)CCCCCC(S)C(=O)[O-].CC(C)CCCCCC(S)C(=O)[O-].[Ti+4]. The van der Waals surface area contributed by atoms with Gasteiger partial charge in [0.15, 0.2) is 0 Å². The zero-order valence-corrected chi connectivity index (χ0v) is 39.5. The number of rotatable bonds is 28. The molecule has 53 heavy (non-hydrogen) atoms.